The van der Waals surface area contributed by atoms with Crippen LogP contribution in [0.15, 0.2) is 70.9 Å². The first-order valence-corrected chi connectivity index (χ1v) is 10.4. The smallest absolute Gasteiger partial charge is 0.122 e. The summed E-state index contributed by atoms with van der Waals surface area (Å²) in [6.07, 6.45) is 7.64. The number of hydrogen-bond acceptors (Lipinski definition) is 3. The van der Waals surface area contributed by atoms with Crippen molar-refractivity contribution >= 4 is 27.6 Å². The predicted molar refractivity (Wildman–Crippen MR) is 119 cm³/mol. The maximum Gasteiger partial charge on any atom is 0.122 e. The molecule has 0 fully saturated rings. The van der Waals surface area contributed by atoms with Gasteiger partial charge < -0.3 is 9.84 Å². The van der Waals surface area contributed by atoms with Gasteiger partial charge in [0.15, 0.2) is 0 Å². The highest BCUT2D eigenvalue weighted by Gasteiger charge is 2.23. The zero-order chi connectivity index (χ0) is 20.1. The molecule has 4 heteroatoms. The SMILES string of the molecule is C=C(C1=CCOC1CC/C(=C/c1cc(Br)ccc1O)c1ccccn1)C(C)C. The Balaban J connectivity index is 1.85. The number of aromatic nitrogens is 1. The van der Waals surface area contributed by atoms with Crippen molar-refractivity contribution in [1.29, 1.82) is 0 Å². The minimum atomic E-state index is 0.0538. The molecular weight excluding hydrogens is 414 g/mol. The van der Waals surface area contributed by atoms with E-state index in [4.69, 9.17) is 4.74 Å². The Bertz CT molecular complexity index is 900. The van der Waals surface area contributed by atoms with Crippen LogP contribution in [0.2, 0.25) is 0 Å². The monoisotopic (exact) mass is 439 g/mol. The third kappa shape index (κ3) is 5.00. The van der Waals surface area contributed by atoms with Crippen LogP contribution in [0.3, 0.4) is 0 Å². The van der Waals surface area contributed by atoms with Crippen molar-refractivity contribution in [3.8, 4) is 5.75 Å². The Morgan fingerprint density at radius 3 is 2.89 bits per heavy atom. The number of pyridine rings is 1. The lowest BCUT2D eigenvalue weighted by Crippen LogP contribution is -2.13. The zero-order valence-corrected chi connectivity index (χ0v) is 17.9. The lowest BCUT2D eigenvalue weighted by atomic mass is 9.90. The van der Waals surface area contributed by atoms with Crippen LogP contribution in [0, 0.1) is 5.92 Å². The first kappa shape index (κ1) is 20.6. The van der Waals surface area contributed by atoms with Crippen molar-refractivity contribution in [1.82, 2.24) is 4.98 Å². The molecule has 1 aromatic heterocycles. The summed E-state index contributed by atoms with van der Waals surface area (Å²) in [5.41, 5.74) is 5.12. The molecule has 3 rings (SSSR count). The van der Waals surface area contributed by atoms with E-state index in [9.17, 15) is 5.11 Å². The van der Waals surface area contributed by atoms with Crippen molar-refractivity contribution in [3.05, 3.63) is 82.1 Å². The van der Waals surface area contributed by atoms with Crippen LogP contribution in [-0.2, 0) is 4.74 Å². The summed E-state index contributed by atoms with van der Waals surface area (Å²) in [5.74, 6) is 0.655. The number of aromatic hydroxyl groups is 1. The Morgan fingerprint density at radius 1 is 1.36 bits per heavy atom. The fourth-order valence-corrected chi connectivity index (χ4v) is 3.71. The molecule has 0 amide bonds. The van der Waals surface area contributed by atoms with Crippen LogP contribution in [0.1, 0.15) is 37.9 Å². The number of hydrogen-bond donors (Lipinski definition) is 1. The lowest BCUT2D eigenvalue weighted by Gasteiger charge is -2.19. The predicted octanol–water partition coefficient (Wildman–Crippen LogP) is 6.41. The molecule has 28 heavy (non-hydrogen) atoms. The maximum absolute atomic E-state index is 10.3. The van der Waals surface area contributed by atoms with Gasteiger partial charge in [-0.2, -0.15) is 0 Å². The molecule has 1 unspecified atom stereocenters. The number of nitrogens with zero attached hydrogens (tertiary/aromatic N) is 1. The average Bonchev–Trinajstić information content (AvgIpc) is 3.16. The van der Waals surface area contributed by atoms with Gasteiger partial charge in [0.2, 0.25) is 0 Å². The molecular formula is C24H26BrNO2. The van der Waals surface area contributed by atoms with Crippen molar-refractivity contribution in [2.24, 2.45) is 5.92 Å². The summed E-state index contributed by atoms with van der Waals surface area (Å²) < 4.78 is 6.88. The van der Waals surface area contributed by atoms with Gasteiger partial charge in [-0.25, -0.2) is 0 Å². The molecule has 0 saturated carbocycles. The maximum atomic E-state index is 10.3. The molecule has 0 saturated heterocycles. The molecule has 1 aliphatic rings. The van der Waals surface area contributed by atoms with E-state index in [-0.39, 0.29) is 11.9 Å². The largest absolute Gasteiger partial charge is 0.507 e. The fraction of sp³-hybridized carbons (Fsp3) is 0.292. The van der Waals surface area contributed by atoms with E-state index in [1.165, 1.54) is 5.57 Å². The van der Waals surface area contributed by atoms with Crippen LogP contribution in [0.25, 0.3) is 11.6 Å². The number of phenols is 1. The molecule has 1 aliphatic heterocycles. The second kappa shape index (κ2) is 9.35. The number of benzene rings is 1. The van der Waals surface area contributed by atoms with Crippen molar-refractivity contribution < 1.29 is 9.84 Å². The third-order valence-corrected chi connectivity index (χ3v) is 5.50. The quantitative estimate of drug-likeness (QED) is 0.541. The van der Waals surface area contributed by atoms with Crippen molar-refractivity contribution in [3.63, 3.8) is 0 Å². The van der Waals surface area contributed by atoms with Crippen LogP contribution >= 0.6 is 15.9 Å². The van der Waals surface area contributed by atoms with E-state index < -0.39 is 0 Å². The fourth-order valence-electron chi connectivity index (χ4n) is 3.33. The average molecular weight is 440 g/mol. The van der Waals surface area contributed by atoms with Gasteiger partial charge in [0.25, 0.3) is 0 Å². The highest BCUT2D eigenvalue weighted by atomic mass is 79.9. The number of allylic oxidation sites excluding steroid dienone is 1. The highest BCUT2D eigenvalue weighted by Crippen LogP contribution is 2.33. The highest BCUT2D eigenvalue weighted by molar-refractivity contribution is 9.10. The van der Waals surface area contributed by atoms with Gasteiger partial charge in [-0.15, -0.1) is 0 Å². The standard InChI is InChI=1S/C24H26BrNO2/c1-16(2)17(3)21-11-13-28-24(21)10-7-18(22-6-4-5-12-26-22)14-19-15-20(25)8-9-23(19)27/h4-6,8-9,11-12,14-16,24,27H,3,7,10,13H2,1-2H3/b18-14-. The minimum absolute atomic E-state index is 0.0538. The summed E-state index contributed by atoms with van der Waals surface area (Å²) in [7, 11) is 0. The second-order valence-electron chi connectivity index (χ2n) is 7.29. The van der Waals surface area contributed by atoms with E-state index >= 15 is 0 Å². The molecule has 2 heterocycles. The number of halogens is 1. The van der Waals surface area contributed by atoms with E-state index in [1.54, 1.807) is 12.3 Å². The molecule has 1 aromatic carbocycles. The van der Waals surface area contributed by atoms with Crippen LogP contribution in [0.4, 0.5) is 0 Å². The molecule has 0 spiro atoms. The van der Waals surface area contributed by atoms with Gasteiger partial charge in [-0.1, -0.05) is 48.5 Å². The summed E-state index contributed by atoms with van der Waals surface area (Å²) in [5, 5.41) is 10.3. The Labute approximate surface area is 175 Å². The van der Waals surface area contributed by atoms with E-state index in [0.717, 1.165) is 39.7 Å². The lowest BCUT2D eigenvalue weighted by molar-refractivity contribution is 0.117. The first-order chi connectivity index (χ1) is 13.5. The molecule has 0 bridgehead atoms. The molecule has 0 radical (unpaired) electrons. The first-order valence-electron chi connectivity index (χ1n) is 9.57. The van der Waals surface area contributed by atoms with Gasteiger partial charge in [-0.05, 0) is 71.9 Å². The molecule has 146 valence electrons. The topological polar surface area (TPSA) is 42.4 Å². The summed E-state index contributed by atoms with van der Waals surface area (Å²) in [4.78, 5) is 4.52. The van der Waals surface area contributed by atoms with Crippen molar-refractivity contribution in [2.45, 2.75) is 32.8 Å². The summed E-state index contributed by atoms with van der Waals surface area (Å²) in [6, 6.07) is 11.3. The molecule has 2 aromatic rings. The Hall–Kier alpha value is -2.17. The molecule has 0 aliphatic carbocycles. The third-order valence-electron chi connectivity index (χ3n) is 5.00. The van der Waals surface area contributed by atoms with Gasteiger partial charge in [0.05, 0.1) is 18.4 Å². The van der Waals surface area contributed by atoms with Crippen LogP contribution in [-0.4, -0.2) is 22.8 Å². The van der Waals surface area contributed by atoms with E-state index in [1.807, 2.05) is 36.4 Å². The minimum Gasteiger partial charge on any atom is -0.507 e. The van der Waals surface area contributed by atoms with Crippen LogP contribution < -0.4 is 0 Å². The number of phenolic OH excluding ortho intramolecular Hbond substituents is 1. The second-order valence-corrected chi connectivity index (χ2v) is 8.20. The molecule has 1 N–H and O–H groups in total. The van der Waals surface area contributed by atoms with Crippen molar-refractivity contribution in [2.75, 3.05) is 6.61 Å². The van der Waals surface area contributed by atoms with E-state index in [2.05, 4.69) is 47.4 Å². The van der Waals surface area contributed by atoms with Crippen LogP contribution in [0.5, 0.6) is 5.75 Å². The zero-order valence-electron chi connectivity index (χ0n) is 16.4. The van der Waals surface area contributed by atoms with Gasteiger partial charge >= 0.3 is 0 Å². The van der Waals surface area contributed by atoms with Gasteiger partial charge in [0, 0.05) is 16.2 Å². The molecule has 1 atom stereocenters. The number of rotatable bonds is 7. The summed E-state index contributed by atoms with van der Waals surface area (Å²) in [6.45, 7) is 9.21. The molecule has 3 nitrogen and oxygen atoms in total. The normalized spacial score (nSPS) is 17.1. The Morgan fingerprint density at radius 2 is 2.18 bits per heavy atom. The van der Waals surface area contributed by atoms with E-state index in [0.29, 0.717) is 12.5 Å². The van der Waals surface area contributed by atoms with Gasteiger partial charge in [-0.3, -0.25) is 4.98 Å². The van der Waals surface area contributed by atoms with Gasteiger partial charge in [0.1, 0.15) is 5.75 Å². The Kier molecular flexibility index (Phi) is 6.87. The summed E-state index contributed by atoms with van der Waals surface area (Å²) >= 11 is 3.48. The number of ether oxygens (including phenoxy) is 1.